The van der Waals surface area contributed by atoms with E-state index in [0.717, 1.165) is 0 Å². The smallest absolute Gasteiger partial charge is 0.264 e. The Hall–Kier alpha value is -0.683. The summed E-state index contributed by atoms with van der Waals surface area (Å²) in [7, 11) is -1.92. The SMILES string of the molecule is C#C[C@@]1(OCC=C)O[C@H](CO[Si](C)(C)C(C)(C)C)[C@H]2OC(C)(C)O[C@H]21. The van der Waals surface area contributed by atoms with Gasteiger partial charge in [-0.15, -0.1) is 13.0 Å². The van der Waals surface area contributed by atoms with Crippen LogP contribution in [0.2, 0.25) is 18.1 Å². The molecule has 2 heterocycles. The van der Waals surface area contributed by atoms with Crippen LogP contribution in [-0.4, -0.2) is 51.4 Å². The van der Waals surface area contributed by atoms with Gasteiger partial charge in [-0.05, 0) is 37.9 Å². The summed E-state index contributed by atoms with van der Waals surface area (Å²) in [5.41, 5.74) is 0. The molecule has 0 unspecified atom stereocenters. The molecule has 0 bridgehead atoms. The molecule has 2 rings (SSSR count). The van der Waals surface area contributed by atoms with Crippen molar-refractivity contribution in [3.05, 3.63) is 12.7 Å². The van der Waals surface area contributed by atoms with Crippen LogP contribution in [0.1, 0.15) is 34.6 Å². The molecule has 0 radical (unpaired) electrons. The molecule has 0 aromatic heterocycles. The molecule has 0 N–H and O–H groups in total. The van der Waals surface area contributed by atoms with Crippen molar-refractivity contribution in [3.63, 3.8) is 0 Å². The monoisotopic (exact) mass is 368 g/mol. The first-order valence-electron chi connectivity index (χ1n) is 8.77. The summed E-state index contributed by atoms with van der Waals surface area (Å²) >= 11 is 0. The summed E-state index contributed by atoms with van der Waals surface area (Å²) in [6.45, 7) is 19.1. The Labute approximate surface area is 153 Å². The molecule has 0 amide bonds. The lowest BCUT2D eigenvalue weighted by atomic mass is 10.1. The summed E-state index contributed by atoms with van der Waals surface area (Å²) in [6.07, 6.45) is 6.22. The maximum atomic E-state index is 6.33. The normalized spacial score (nSPS) is 34.6. The third-order valence-electron chi connectivity index (χ3n) is 5.23. The van der Waals surface area contributed by atoms with Gasteiger partial charge in [0, 0.05) is 0 Å². The van der Waals surface area contributed by atoms with Gasteiger partial charge in [0.25, 0.3) is 5.79 Å². The second-order valence-electron chi connectivity index (χ2n) is 8.66. The number of rotatable bonds is 6. The van der Waals surface area contributed by atoms with E-state index in [0.29, 0.717) is 6.61 Å². The lowest BCUT2D eigenvalue weighted by Crippen LogP contribution is -2.45. The van der Waals surface area contributed by atoms with Crippen molar-refractivity contribution in [1.29, 1.82) is 0 Å². The maximum Gasteiger partial charge on any atom is 0.264 e. The molecule has 2 aliphatic heterocycles. The first kappa shape index (κ1) is 20.6. The minimum absolute atomic E-state index is 0.111. The fourth-order valence-electron chi connectivity index (χ4n) is 2.81. The van der Waals surface area contributed by atoms with Crippen LogP contribution in [-0.2, 0) is 23.4 Å². The number of terminal acetylenes is 1. The van der Waals surface area contributed by atoms with Gasteiger partial charge in [-0.1, -0.05) is 26.8 Å². The fraction of sp³-hybridized carbons (Fsp3) is 0.789. The van der Waals surface area contributed by atoms with E-state index in [1.165, 1.54) is 0 Å². The largest absolute Gasteiger partial charge is 0.414 e. The van der Waals surface area contributed by atoms with Crippen LogP contribution in [0.3, 0.4) is 0 Å². The van der Waals surface area contributed by atoms with Gasteiger partial charge in [-0.2, -0.15) is 0 Å². The van der Waals surface area contributed by atoms with Crippen LogP contribution >= 0.6 is 0 Å². The van der Waals surface area contributed by atoms with E-state index in [1.54, 1.807) is 6.08 Å². The molecule has 6 heteroatoms. The first-order valence-corrected chi connectivity index (χ1v) is 11.7. The van der Waals surface area contributed by atoms with Crippen molar-refractivity contribution in [2.24, 2.45) is 0 Å². The van der Waals surface area contributed by atoms with Crippen LogP contribution in [0.25, 0.3) is 0 Å². The molecule has 142 valence electrons. The molecule has 5 nitrogen and oxygen atoms in total. The summed E-state index contributed by atoms with van der Waals surface area (Å²) in [5.74, 6) is 0.612. The van der Waals surface area contributed by atoms with Crippen molar-refractivity contribution < 1.29 is 23.4 Å². The van der Waals surface area contributed by atoms with E-state index in [4.69, 9.17) is 29.8 Å². The van der Waals surface area contributed by atoms with E-state index in [2.05, 4.69) is 46.4 Å². The molecular formula is C19H32O5Si. The molecule has 0 saturated carbocycles. The standard InChI is InChI=1S/C19H32O5Si/c1-10-12-20-19(11-2)16-15(23-18(6,7)24-16)14(22-19)13-21-25(8,9)17(3,4)5/h2,10,14-16H,1,12-13H2,3-9H3/t14-,15-,16-,19-/m1/s1. The van der Waals surface area contributed by atoms with E-state index >= 15 is 0 Å². The highest BCUT2D eigenvalue weighted by molar-refractivity contribution is 6.74. The van der Waals surface area contributed by atoms with Crippen LogP contribution in [0, 0.1) is 12.3 Å². The number of fused-ring (bicyclic) bond motifs is 1. The molecule has 0 aliphatic carbocycles. The second-order valence-corrected chi connectivity index (χ2v) is 13.5. The predicted molar refractivity (Wildman–Crippen MR) is 99.6 cm³/mol. The number of hydrogen-bond donors (Lipinski definition) is 0. The Kier molecular flexibility index (Phi) is 5.61. The molecule has 25 heavy (non-hydrogen) atoms. The fourth-order valence-corrected chi connectivity index (χ4v) is 3.82. The maximum absolute atomic E-state index is 6.33. The number of hydrogen-bond acceptors (Lipinski definition) is 5. The highest BCUT2D eigenvalue weighted by atomic mass is 28.4. The van der Waals surface area contributed by atoms with Crippen molar-refractivity contribution in [2.75, 3.05) is 13.2 Å². The lowest BCUT2D eigenvalue weighted by molar-refractivity contribution is -0.264. The van der Waals surface area contributed by atoms with Gasteiger partial charge in [0.2, 0.25) is 0 Å². The Morgan fingerprint density at radius 1 is 1.24 bits per heavy atom. The van der Waals surface area contributed by atoms with Crippen LogP contribution in [0.15, 0.2) is 12.7 Å². The van der Waals surface area contributed by atoms with Gasteiger partial charge in [0.05, 0.1) is 13.2 Å². The van der Waals surface area contributed by atoms with Crippen LogP contribution in [0.4, 0.5) is 0 Å². The molecule has 0 aromatic carbocycles. The van der Waals surface area contributed by atoms with E-state index in [9.17, 15) is 0 Å². The van der Waals surface area contributed by atoms with Crippen LogP contribution < -0.4 is 0 Å². The highest BCUT2D eigenvalue weighted by Gasteiger charge is 2.63. The summed E-state index contributed by atoms with van der Waals surface area (Å²) in [5, 5.41) is 0.111. The van der Waals surface area contributed by atoms with Crippen molar-refractivity contribution in [2.45, 2.75) is 82.6 Å². The van der Waals surface area contributed by atoms with Gasteiger partial charge in [-0.25, -0.2) is 0 Å². The van der Waals surface area contributed by atoms with Gasteiger partial charge in [0.15, 0.2) is 20.2 Å². The van der Waals surface area contributed by atoms with Gasteiger partial charge in [0.1, 0.15) is 12.2 Å². The Morgan fingerprint density at radius 2 is 1.88 bits per heavy atom. The van der Waals surface area contributed by atoms with Crippen molar-refractivity contribution in [1.82, 2.24) is 0 Å². The molecule has 2 saturated heterocycles. The van der Waals surface area contributed by atoms with Crippen molar-refractivity contribution in [3.8, 4) is 12.3 Å². The van der Waals surface area contributed by atoms with Gasteiger partial charge in [-0.3, -0.25) is 0 Å². The molecule has 2 fully saturated rings. The summed E-state index contributed by atoms with van der Waals surface area (Å²) < 4.78 is 30.3. The third kappa shape index (κ3) is 4.02. The highest BCUT2D eigenvalue weighted by Crippen LogP contribution is 2.45. The Morgan fingerprint density at radius 3 is 2.40 bits per heavy atom. The zero-order valence-corrected chi connectivity index (χ0v) is 17.5. The predicted octanol–water partition coefficient (Wildman–Crippen LogP) is 3.46. The van der Waals surface area contributed by atoms with E-state index in [-0.39, 0.29) is 23.9 Å². The molecule has 2 aliphatic rings. The van der Waals surface area contributed by atoms with Crippen molar-refractivity contribution >= 4 is 8.32 Å². The summed E-state index contributed by atoms with van der Waals surface area (Å²) in [6, 6.07) is 0. The minimum atomic E-state index is -1.92. The van der Waals surface area contributed by atoms with Gasteiger partial charge >= 0.3 is 0 Å². The van der Waals surface area contributed by atoms with E-state index < -0.39 is 26.0 Å². The molecule has 0 spiro atoms. The second kappa shape index (κ2) is 6.80. The quantitative estimate of drug-likeness (QED) is 0.408. The average molecular weight is 369 g/mol. The summed E-state index contributed by atoms with van der Waals surface area (Å²) in [4.78, 5) is 0. The zero-order chi connectivity index (χ0) is 19.1. The average Bonchev–Trinajstić information content (AvgIpc) is 2.94. The Bertz CT molecular complexity index is 545. The molecule has 0 aromatic rings. The topological polar surface area (TPSA) is 46.2 Å². The molecular weight excluding hydrogens is 336 g/mol. The first-order chi connectivity index (χ1) is 11.4. The van der Waals surface area contributed by atoms with Crippen LogP contribution in [0.5, 0.6) is 0 Å². The minimum Gasteiger partial charge on any atom is -0.414 e. The third-order valence-corrected chi connectivity index (χ3v) is 9.73. The zero-order valence-electron chi connectivity index (χ0n) is 16.5. The lowest BCUT2D eigenvalue weighted by Gasteiger charge is -2.37. The Balaban J connectivity index is 2.19. The van der Waals surface area contributed by atoms with Gasteiger partial charge < -0.3 is 23.4 Å². The molecule has 4 atom stereocenters. The number of ether oxygens (including phenoxy) is 4. The van der Waals surface area contributed by atoms with E-state index in [1.807, 2.05) is 13.8 Å².